The lowest BCUT2D eigenvalue weighted by Gasteiger charge is -2.02. The lowest BCUT2D eigenvalue weighted by molar-refractivity contribution is 0.0695. The molecule has 0 fully saturated rings. The molecular formula is C9H9IO2S. The van der Waals surface area contributed by atoms with Gasteiger partial charge < -0.3 is 5.11 Å². The highest BCUT2D eigenvalue weighted by Gasteiger charge is 2.08. The maximum Gasteiger partial charge on any atom is 0.336 e. The van der Waals surface area contributed by atoms with Crippen molar-refractivity contribution in [1.82, 2.24) is 0 Å². The number of rotatable bonds is 3. The molecule has 0 spiro atoms. The monoisotopic (exact) mass is 308 g/mol. The lowest BCUT2D eigenvalue weighted by atomic mass is 10.2. The zero-order valence-electron chi connectivity index (χ0n) is 7.08. The van der Waals surface area contributed by atoms with Crippen LogP contribution in [0, 0.1) is 3.57 Å². The molecule has 1 N–H and O–H groups in total. The second-order valence-electron chi connectivity index (χ2n) is 2.38. The zero-order chi connectivity index (χ0) is 9.84. The molecule has 0 unspecified atom stereocenters. The van der Waals surface area contributed by atoms with Crippen LogP contribution in [0.2, 0.25) is 0 Å². The van der Waals surface area contributed by atoms with Crippen molar-refractivity contribution in [1.29, 1.82) is 0 Å². The Bertz CT molecular complexity index is 325. The van der Waals surface area contributed by atoms with E-state index in [0.29, 0.717) is 5.56 Å². The van der Waals surface area contributed by atoms with Crippen molar-refractivity contribution in [2.75, 3.05) is 5.75 Å². The van der Waals surface area contributed by atoms with Crippen molar-refractivity contribution in [3.63, 3.8) is 0 Å². The minimum Gasteiger partial charge on any atom is -0.478 e. The van der Waals surface area contributed by atoms with Gasteiger partial charge in [0.15, 0.2) is 0 Å². The molecule has 1 aromatic rings. The van der Waals surface area contributed by atoms with E-state index in [2.05, 4.69) is 0 Å². The maximum absolute atomic E-state index is 10.8. The van der Waals surface area contributed by atoms with Crippen molar-refractivity contribution >= 4 is 40.3 Å². The summed E-state index contributed by atoms with van der Waals surface area (Å²) >= 11 is 3.68. The summed E-state index contributed by atoms with van der Waals surface area (Å²) in [5.74, 6) is 0.0996. The van der Waals surface area contributed by atoms with Crippen LogP contribution >= 0.6 is 34.4 Å². The Labute approximate surface area is 94.9 Å². The van der Waals surface area contributed by atoms with Gasteiger partial charge in [0.25, 0.3) is 0 Å². The molecule has 0 saturated carbocycles. The normalized spacial score (nSPS) is 10.0. The van der Waals surface area contributed by atoms with Gasteiger partial charge in [-0.3, -0.25) is 0 Å². The lowest BCUT2D eigenvalue weighted by Crippen LogP contribution is -1.99. The molecule has 13 heavy (non-hydrogen) atoms. The Morgan fingerprint density at radius 3 is 2.85 bits per heavy atom. The molecule has 0 atom stereocenters. The third-order valence-corrected chi connectivity index (χ3v) is 3.30. The van der Waals surface area contributed by atoms with Crippen LogP contribution in [0.15, 0.2) is 23.1 Å². The number of benzene rings is 1. The molecule has 0 aliphatic heterocycles. The summed E-state index contributed by atoms with van der Waals surface area (Å²) in [6, 6.07) is 5.50. The third kappa shape index (κ3) is 2.87. The highest BCUT2D eigenvalue weighted by molar-refractivity contribution is 14.1. The predicted molar refractivity (Wildman–Crippen MR) is 62.5 cm³/mol. The standard InChI is InChI=1S/C9H9IO2S/c1-2-13-6-3-4-8(10)7(5-6)9(11)12/h3-5H,2H2,1H3,(H,11,12). The molecule has 1 rings (SSSR count). The first kappa shape index (κ1) is 10.8. The van der Waals surface area contributed by atoms with E-state index in [1.807, 2.05) is 41.6 Å². The van der Waals surface area contributed by atoms with Crippen LogP contribution in [-0.2, 0) is 0 Å². The van der Waals surface area contributed by atoms with Crippen molar-refractivity contribution < 1.29 is 9.90 Å². The van der Waals surface area contributed by atoms with Gasteiger partial charge in [0, 0.05) is 8.47 Å². The van der Waals surface area contributed by atoms with Crippen LogP contribution in [0.5, 0.6) is 0 Å². The number of hydrogen-bond acceptors (Lipinski definition) is 2. The number of halogens is 1. The molecule has 2 nitrogen and oxygen atoms in total. The maximum atomic E-state index is 10.8. The van der Waals surface area contributed by atoms with E-state index in [4.69, 9.17) is 5.11 Å². The fraction of sp³-hybridized carbons (Fsp3) is 0.222. The van der Waals surface area contributed by atoms with Crippen molar-refractivity contribution in [3.05, 3.63) is 27.3 Å². The van der Waals surface area contributed by atoms with E-state index in [1.165, 1.54) is 0 Å². The number of hydrogen-bond donors (Lipinski definition) is 1. The van der Waals surface area contributed by atoms with Gasteiger partial charge in [0.1, 0.15) is 0 Å². The first-order valence-corrected chi connectivity index (χ1v) is 5.87. The molecule has 0 aliphatic rings. The van der Waals surface area contributed by atoms with Gasteiger partial charge in [0.2, 0.25) is 0 Å². The fourth-order valence-corrected chi connectivity index (χ4v) is 2.19. The minimum atomic E-state index is -0.858. The van der Waals surface area contributed by atoms with Gasteiger partial charge >= 0.3 is 5.97 Å². The summed E-state index contributed by atoms with van der Waals surface area (Å²) in [4.78, 5) is 11.8. The van der Waals surface area contributed by atoms with Gasteiger partial charge in [0.05, 0.1) is 5.56 Å². The van der Waals surface area contributed by atoms with Crippen LogP contribution in [0.3, 0.4) is 0 Å². The van der Waals surface area contributed by atoms with E-state index >= 15 is 0 Å². The highest BCUT2D eigenvalue weighted by atomic mass is 127. The predicted octanol–water partition coefficient (Wildman–Crippen LogP) is 3.10. The van der Waals surface area contributed by atoms with Crippen molar-refractivity contribution in [2.45, 2.75) is 11.8 Å². The average molecular weight is 308 g/mol. The molecule has 4 heteroatoms. The van der Waals surface area contributed by atoms with Crippen LogP contribution in [0.25, 0.3) is 0 Å². The van der Waals surface area contributed by atoms with Gasteiger partial charge in [-0.1, -0.05) is 6.92 Å². The number of carboxylic acid groups (broad SMARTS) is 1. The third-order valence-electron chi connectivity index (χ3n) is 1.48. The highest BCUT2D eigenvalue weighted by Crippen LogP contribution is 2.22. The largest absolute Gasteiger partial charge is 0.478 e. The second kappa shape index (κ2) is 4.85. The Kier molecular flexibility index (Phi) is 4.05. The molecule has 0 amide bonds. The molecule has 1 aromatic carbocycles. The van der Waals surface area contributed by atoms with Gasteiger partial charge in [-0.15, -0.1) is 11.8 Å². The summed E-state index contributed by atoms with van der Waals surface area (Å²) < 4.78 is 0.783. The molecule has 0 radical (unpaired) electrons. The molecule has 70 valence electrons. The van der Waals surface area contributed by atoms with Crippen LogP contribution in [0.1, 0.15) is 17.3 Å². The molecule has 0 heterocycles. The first-order valence-electron chi connectivity index (χ1n) is 3.80. The summed E-state index contributed by atoms with van der Waals surface area (Å²) in [5.41, 5.74) is 0.388. The SMILES string of the molecule is CCSc1ccc(I)c(C(=O)O)c1. The number of aromatic carboxylic acids is 1. The van der Waals surface area contributed by atoms with E-state index in [0.717, 1.165) is 14.2 Å². The number of thioether (sulfide) groups is 1. The Balaban J connectivity index is 3.04. The van der Waals surface area contributed by atoms with Crippen LogP contribution < -0.4 is 0 Å². The quantitative estimate of drug-likeness (QED) is 0.689. The second-order valence-corrected chi connectivity index (χ2v) is 4.88. The van der Waals surface area contributed by atoms with Crippen molar-refractivity contribution in [3.8, 4) is 0 Å². The number of carbonyl (C=O) groups is 1. The average Bonchev–Trinajstić information content (AvgIpc) is 2.08. The summed E-state index contributed by atoms with van der Waals surface area (Å²) in [5, 5.41) is 8.84. The van der Waals surface area contributed by atoms with E-state index in [-0.39, 0.29) is 0 Å². The Morgan fingerprint density at radius 1 is 1.62 bits per heavy atom. The van der Waals surface area contributed by atoms with E-state index < -0.39 is 5.97 Å². The van der Waals surface area contributed by atoms with Gasteiger partial charge in [-0.2, -0.15) is 0 Å². The summed E-state index contributed by atoms with van der Waals surface area (Å²) in [6.07, 6.45) is 0. The smallest absolute Gasteiger partial charge is 0.336 e. The molecule has 0 aliphatic carbocycles. The first-order chi connectivity index (χ1) is 6.15. The van der Waals surface area contributed by atoms with Crippen LogP contribution in [0.4, 0.5) is 0 Å². The number of carboxylic acids is 1. The van der Waals surface area contributed by atoms with E-state index in [1.54, 1.807) is 17.8 Å². The molecule has 0 aromatic heterocycles. The topological polar surface area (TPSA) is 37.3 Å². The van der Waals surface area contributed by atoms with Crippen molar-refractivity contribution in [2.24, 2.45) is 0 Å². The van der Waals surface area contributed by atoms with Gasteiger partial charge in [-0.05, 0) is 46.5 Å². The molecule has 0 bridgehead atoms. The minimum absolute atomic E-state index is 0.388. The van der Waals surface area contributed by atoms with Crippen LogP contribution in [-0.4, -0.2) is 16.8 Å². The fourth-order valence-electron chi connectivity index (χ4n) is 0.925. The Hall–Kier alpha value is -0.230. The molecule has 0 saturated heterocycles. The zero-order valence-corrected chi connectivity index (χ0v) is 10.1. The molecular weight excluding hydrogens is 299 g/mol. The summed E-state index contributed by atoms with van der Waals surface area (Å²) in [6.45, 7) is 2.04. The summed E-state index contributed by atoms with van der Waals surface area (Å²) in [7, 11) is 0. The van der Waals surface area contributed by atoms with Gasteiger partial charge in [-0.25, -0.2) is 4.79 Å². The Morgan fingerprint density at radius 2 is 2.31 bits per heavy atom. The van der Waals surface area contributed by atoms with E-state index in [9.17, 15) is 4.79 Å².